The van der Waals surface area contributed by atoms with Crippen LogP contribution in [0.15, 0.2) is 18.2 Å². The number of hydrogen-bond donors (Lipinski definition) is 1. The van der Waals surface area contributed by atoms with Crippen LogP contribution in [0.2, 0.25) is 0 Å². The first-order valence-electron chi connectivity index (χ1n) is 7.64. The summed E-state index contributed by atoms with van der Waals surface area (Å²) in [5.41, 5.74) is 9.47. The molecule has 1 saturated carbocycles. The van der Waals surface area contributed by atoms with Crippen LogP contribution in [-0.4, -0.2) is 6.10 Å². The standard InChI is InChI=1S/C17H27NO/c1-3-15-6-4-5-7-17(15)19-12-16-9-8-14(11-18)10-13(16)2/h8-10,15,17H,3-7,11-12,18H2,1-2H3. The van der Waals surface area contributed by atoms with Crippen LogP contribution in [0.5, 0.6) is 0 Å². The highest BCUT2D eigenvalue weighted by Crippen LogP contribution is 2.30. The molecule has 1 fully saturated rings. The first kappa shape index (κ1) is 14.5. The van der Waals surface area contributed by atoms with Gasteiger partial charge in [-0.25, -0.2) is 0 Å². The van der Waals surface area contributed by atoms with Gasteiger partial charge >= 0.3 is 0 Å². The van der Waals surface area contributed by atoms with E-state index in [0.717, 1.165) is 12.5 Å². The average Bonchev–Trinajstić information content (AvgIpc) is 2.46. The summed E-state index contributed by atoms with van der Waals surface area (Å²) in [6.45, 7) is 5.80. The summed E-state index contributed by atoms with van der Waals surface area (Å²) >= 11 is 0. The lowest BCUT2D eigenvalue weighted by atomic mass is 9.85. The van der Waals surface area contributed by atoms with Gasteiger partial charge in [0.1, 0.15) is 0 Å². The second-order valence-electron chi connectivity index (χ2n) is 5.77. The summed E-state index contributed by atoms with van der Waals surface area (Å²) in [5.74, 6) is 0.761. The summed E-state index contributed by atoms with van der Waals surface area (Å²) in [6, 6.07) is 6.46. The summed E-state index contributed by atoms with van der Waals surface area (Å²) in [6.07, 6.45) is 6.99. The summed E-state index contributed by atoms with van der Waals surface area (Å²) in [5, 5.41) is 0. The smallest absolute Gasteiger partial charge is 0.0723 e. The molecule has 2 heteroatoms. The van der Waals surface area contributed by atoms with Gasteiger partial charge in [-0.3, -0.25) is 0 Å². The van der Waals surface area contributed by atoms with Gasteiger partial charge in [-0.15, -0.1) is 0 Å². The fourth-order valence-corrected chi connectivity index (χ4v) is 3.10. The molecule has 0 aromatic heterocycles. The van der Waals surface area contributed by atoms with Gasteiger partial charge in [0, 0.05) is 6.54 Å². The van der Waals surface area contributed by atoms with E-state index in [0.29, 0.717) is 12.6 Å². The van der Waals surface area contributed by atoms with Crippen LogP contribution in [0.3, 0.4) is 0 Å². The number of nitrogens with two attached hydrogens (primary N) is 1. The molecule has 0 spiro atoms. The maximum absolute atomic E-state index is 6.20. The minimum absolute atomic E-state index is 0.465. The van der Waals surface area contributed by atoms with Crippen LogP contribution in [0.1, 0.15) is 55.7 Å². The molecular formula is C17H27NO. The zero-order chi connectivity index (χ0) is 13.7. The molecular weight excluding hydrogens is 234 g/mol. The third kappa shape index (κ3) is 3.80. The van der Waals surface area contributed by atoms with E-state index in [2.05, 4.69) is 32.0 Å². The molecule has 2 N–H and O–H groups in total. The molecule has 2 rings (SSSR count). The molecule has 0 saturated heterocycles. The number of hydrogen-bond acceptors (Lipinski definition) is 2. The monoisotopic (exact) mass is 261 g/mol. The number of ether oxygens (including phenoxy) is 1. The molecule has 0 heterocycles. The van der Waals surface area contributed by atoms with Crippen LogP contribution < -0.4 is 5.73 Å². The Morgan fingerprint density at radius 2 is 2.05 bits per heavy atom. The zero-order valence-electron chi connectivity index (χ0n) is 12.3. The first-order valence-corrected chi connectivity index (χ1v) is 7.64. The van der Waals surface area contributed by atoms with Crippen molar-refractivity contribution >= 4 is 0 Å². The highest BCUT2D eigenvalue weighted by atomic mass is 16.5. The second-order valence-corrected chi connectivity index (χ2v) is 5.77. The van der Waals surface area contributed by atoms with Crippen molar-refractivity contribution < 1.29 is 4.74 Å². The van der Waals surface area contributed by atoms with Gasteiger partial charge in [-0.2, -0.15) is 0 Å². The summed E-state index contributed by atoms with van der Waals surface area (Å²) in [4.78, 5) is 0. The third-order valence-corrected chi connectivity index (χ3v) is 4.46. The van der Waals surface area contributed by atoms with Crippen molar-refractivity contribution in [3.8, 4) is 0 Å². The number of benzene rings is 1. The van der Waals surface area contributed by atoms with E-state index in [1.165, 1.54) is 48.8 Å². The van der Waals surface area contributed by atoms with Crippen molar-refractivity contribution in [1.29, 1.82) is 0 Å². The Morgan fingerprint density at radius 3 is 2.74 bits per heavy atom. The molecule has 0 aliphatic heterocycles. The molecule has 2 atom stereocenters. The quantitative estimate of drug-likeness (QED) is 0.871. The van der Waals surface area contributed by atoms with Crippen molar-refractivity contribution in [3.05, 3.63) is 34.9 Å². The Hall–Kier alpha value is -0.860. The Kier molecular flexibility index (Phi) is 5.41. The van der Waals surface area contributed by atoms with Crippen LogP contribution >= 0.6 is 0 Å². The Balaban J connectivity index is 1.94. The van der Waals surface area contributed by atoms with Crippen LogP contribution in [0.25, 0.3) is 0 Å². The van der Waals surface area contributed by atoms with Gasteiger partial charge < -0.3 is 10.5 Å². The molecule has 19 heavy (non-hydrogen) atoms. The van der Waals surface area contributed by atoms with Gasteiger partial charge in [0.05, 0.1) is 12.7 Å². The van der Waals surface area contributed by atoms with E-state index in [1.807, 2.05) is 0 Å². The van der Waals surface area contributed by atoms with Crippen LogP contribution in [0, 0.1) is 12.8 Å². The van der Waals surface area contributed by atoms with Gasteiger partial charge in [0.2, 0.25) is 0 Å². The van der Waals surface area contributed by atoms with Crippen LogP contribution in [-0.2, 0) is 17.9 Å². The predicted molar refractivity (Wildman–Crippen MR) is 79.9 cm³/mol. The van der Waals surface area contributed by atoms with Crippen molar-refractivity contribution in [2.45, 2.75) is 65.2 Å². The SMILES string of the molecule is CCC1CCCCC1OCc1ccc(CN)cc1C. The topological polar surface area (TPSA) is 35.2 Å². The van der Waals surface area contributed by atoms with E-state index in [9.17, 15) is 0 Å². The largest absolute Gasteiger partial charge is 0.373 e. The molecule has 1 aliphatic rings. The first-order chi connectivity index (χ1) is 9.24. The van der Waals surface area contributed by atoms with Gasteiger partial charge in [0.25, 0.3) is 0 Å². The fraction of sp³-hybridized carbons (Fsp3) is 0.647. The fourth-order valence-electron chi connectivity index (χ4n) is 3.10. The highest BCUT2D eigenvalue weighted by Gasteiger charge is 2.24. The molecule has 0 amide bonds. The van der Waals surface area contributed by atoms with E-state index in [-0.39, 0.29) is 0 Å². The summed E-state index contributed by atoms with van der Waals surface area (Å²) < 4.78 is 6.20. The predicted octanol–water partition coefficient (Wildman–Crippen LogP) is 3.94. The molecule has 1 aromatic carbocycles. The minimum Gasteiger partial charge on any atom is -0.373 e. The molecule has 2 nitrogen and oxygen atoms in total. The van der Waals surface area contributed by atoms with Crippen molar-refractivity contribution in [2.24, 2.45) is 11.7 Å². The lowest BCUT2D eigenvalue weighted by Crippen LogP contribution is -2.27. The molecule has 106 valence electrons. The van der Waals surface area contributed by atoms with E-state index >= 15 is 0 Å². The number of rotatable bonds is 5. The normalized spacial score (nSPS) is 23.5. The maximum Gasteiger partial charge on any atom is 0.0723 e. The lowest BCUT2D eigenvalue weighted by molar-refractivity contribution is -0.0223. The molecule has 1 aromatic rings. The van der Waals surface area contributed by atoms with Crippen molar-refractivity contribution in [1.82, 2.24) is 0 Å². The highest BCUT2D eigenvalue weighted by molar-refractivity contribution is 5.30. The minimum atomic E-state index is 0.465. The van der Waals surface area contributed by atoms with E-state index in [1.54, 1.807) is 0 Å². The van der Waals surface area contributed by atoms with E-state index in [4.69, 9.17) is 10.5 Å². The molecule has 0 radical (unpaired) electrons. The Bertz CT molecular complexity index is 402. The van der Waals surface area contributed by atoms with Crippen molar-refractivity contribution in [2.75, 3.05) is 0 Å². The van der Waals surface area contributed by atoms with Crippen molar-refractivity contribution in [3.63, 3.8) is 0 Å². The van der Waals surface area contributed by atoms with Gasteiger partial charge in [-0.05, 0) is 42.4 Å². The maximum atomic E-state index is 6.20. The summed E-state index contributed by atoms with van der Waals surface area (Å²) in [7, 11) is 0. The Labute approximate surface area is 117 Å². The molecule has 2 unspecified atom stereocenters. The zero-order valence-corrected chi connectivity index (χ0v) is 12.3. The lowest BCUT2D eigenvalue weighted by Gasteiger charge is -2.31. The van der Waals surface area contributed by atoms with Gasteiger partial charge in [0.15, 0.2) is 0 Å². The third-order valence-electron chi connectivity index (χ3n) is 4.46. The van der Waals surface area contributed by atoms with Gasteiger partial charge in [-0.1, -0.05) is 44.4 Å². The van der Waals surface area contributed by atoms with Crippen LogP contribution in [0.4, 0.5) is 0 Å². The molecule has 1 aliphatic carbocycles. The molecule has 0 bridgehead atoms. The van der Waals surface area contributed by atoms with E-state index < -0.39 is 0 Å². The number of aryl methyl sites for hydroxylation is 1. The Morgan fingerprint density at radius 1 is 1.26 bits per heavy atom. The second kappa shape index (κ2) is 7.06. The average molecular weight is 261 g/mol.